The van der Waals surface area contributed by atoms with Crippen molar-refractivity contribution in [1.82, 2.24) is 19.7 Å². The molecule has 2 saturated heterocycles. The minimum Gasteiger partial charge on any atom is -0.382 e. The Morgan fingerprint density at radius 2 is 1.73 bits per heavy atom. The number of amides is 2. The van der Waals surface area contributed by atoms with E-state index in [9.17, 15) is 9.59 Å². The van der Waals surface area contributed by atoms with Gasteiger partial charge in [-0.15, -0.1) is 22.7 Å². The van der Waals surface area contributed by atoms with E-state index in [1.165, 1.54) is 4.88 Å². The van der Waals surface area contributed by atoms with Gasteiger partial charge in [0.15, 0.2) is 0 Å². The van der Waals surface area contributed by atoms with Crippen LogP contribution in [0.25, 0.3) is 0 Å². The second-order valence-corrected chi connectivity index (χ2v) is 11.3. The number of nitrogens with zero attached hydrogens (tertiary/aromatic N) is 4. The number of hydrogen-bond acceptors (Lipinski definition) is 9. The first kappa shape index (κ1) is 28.1. The first-order valence-corrected chi connectivity index (χ1v) is 14.8. The van der Waals surface area contributed by atoms with E-state index >= 15 is 0 Å². The summed E-state index contributed by atoms with van der Waals surface area (Å²) in [6.07, 6.45) is 2.79. The fourth-order valence-electron chi connectivity index (χ4n) is 4.62. The van der Waals surface area contributed by atoms with Crippen LogP contribution in [0.4, 0.5) is 0 Å². The molecular weight excluding hydrogens is 512 g/mol. The van der Waals surface area contributed by atoms with Crippen LogP contribution in [0.1, 0.15) is 39.1 Å². The van der Waals surface area contributed by atoms with E-state index in [1.54, 1.807) is 29.8 Å². The molecule has 2 aromatic rings. The Morgan fingerprint density at radius 1 is 0.973 bits per heavy atom. The van der Waals surface area contributed by atoms with Crippen LogP contribution in [0.15, 0.2) is 22.9 Å². The molecule has 204 valence electrons. The lowest BCUT2D eigenvalue weighted by molar-refractivity contribution is -0.137. The zero-order valence-corrected chi connectivity index (χ0v) is 23.3. The summed E-state index contributed by atoms with van der Waals surface area (Å²) < 4.78 is 15.7. The molecule has 0 radical (unpaired) electrons. The Kier molecular flexibility index (Phi) is 11.3. The minimum absolute atomic E-state index is 0.0138. The van der Waals surface area contributed by atoms with Crippen LogP contribution in [-0.2, 0) is 25.4 Å². The maximum atomic E-state index is 13.1. The molecule has 0 aliphatic carbocycles. The highest BCUT2D eigenvalue weighted by molar-refractivity contribution is 7.10. The highest BCUT2D eigenvalue weighted by Gasteiger charge is 2.28. The minimum atomic E-state index is 0.0138. The summed E-state index contributed by atoms with van der Waals surface area (Å²) in [6, 6.07) is 4.28. The molecular formula is C26H38N4O5S2. The fraction of sp³-hybridized carbons (Fsp3) is 0.654. The lowest BCUT2D eigenvalue weighted by Crippen LogP contribution is -2.49. The van der Waals surface area contributed by atoms with Crippen LogP contribution in [0.2, 0.25) is 0 Å². The average molecular weight is 551 g/mol. The molecule has 9 nitrogen and oxygen atoms in total. The molecule has 0 N–H and O–H groups in total. The van der Waals surface area contributed by atoms with Crippen molar-refractivity contribution >= 4 is 34.5 Å². The van der Waals surface area contributed by atoms with Crippen LogP contribution >= 0.6 is 22.7 Å². The molecule has 4 heterocycles. The third kappa shape index (κ3) is 8.56. The summed E-state index contributed by atoms with van der Waals surface area (Å²) in [6.45, 7) is 7.73. The third-order valence-electron chi connectivity index (χ3n) is 6.88. The number of aromatic nitrogens is 1. The molecule has 4 rings (SSSR count). The van der Waals surface area contributed by atoms with Gasteiger partial charge >= 0.3 is 0 Å². The molecule has 0 bridgehead atoms. The molecule has 11 heteroatoms. The highest BCUT2D eigenvalue weighted by atomic mass is 32.1. The van der Waals surface area contributed by atoms with Gasteiger partial charge in [0.05, 0.1) is 31.4 Å². The monoisotopic (exact) mass is 550 g/mol. The normalized spacial score (nSPS) is 17.4. The molecule has 2 fully saturated rings. The van der Waals surface area contributed by atoms with E-state index in [0.29, 0.717) is 51.1 Å². The number of piperazine rings is 1. The van der Waals surface area contributed by atoms with Crippen LogP contribution in [0.5, 0.6) is 0 Å². The smallest absolute Gasteiger partial charge is 0.273 e. The quantitative estimate of drug-likeness (QED) is 0.355. The van der Waals surface area contributed by atoms with Gasteiger partial charge in [-0.05, 0) is 30.7 Å². The largest absolute Gasteiger partial charge is 0.382 e. The van der Waals surface area contributed by atoms with Gasteiger partial charge in [-0.2, -0.15) is 0 Å². The molecule has 2 aromatic heterocycles. The number of piperidine rings is 1. The molecule has 2 aliphatic rings. The summed E-state index contributed by atoms with van der Waals surface area (Å²) >= 11 is 3.38. The van der Waals surface area contributed by atoms with E-state index in [0.717, 1.165) is 57.0 Å². The number of carbonyl (C=O) groups is 2. The van der Waals surface area contributed by atoms with Gasteiger partial charge in [-0.1, -0.05) is 6.07 Å². The molecule has 0 atom stereocenters. The molecule has 2 amide bonds. The number of methoxy groups -OCH3 is 1. The molecule has 0 saturated carbocycles. The molecule has 0 spiro atoms. The first-order chi connectivity index (χ1) is 18.1. The van der Waals surface area contributed by atoms with E-state index < -0.39 is 0 Å². The highest BCUT2D eigenvalue weighted by Crippen LogP contribution is 2.30. The summed E-state index contributed by atoms with van der Waals surface area (Å²) in [5.74, 6) is 0.344. The number of thiazole rings is 1. The van der Waals surface area contributed by atoms with Gasteiger partial charge in [0, 0.05) is 69.1 Å². The van der Waals surface area contributed by atoms with Crippen LogP contribution in [0, 0.1) is 0 Å². The predicted molar refractivity (Wildman–Crippen MR) is 145 cm³/mol. The third-order valence-corrected chi connectivity index (χ3v) is 8.82. The Bertz CT molecular complexity index is 954. The SMILES string of the molecule is COCCOCCOCC(=O)N1CCC(c2nc(C(=O)N3CCN(CCc4cccs4)CC3)cs2)CC1. The number of rotatable bonds is 13. The average Bonchev–Trinajstić information content (AvgIpc) is 3.64. The Labute approximate surface area is 227 Å². The lowest BCUT2D eigenvalue weighted by atomic mass is 9.97. The van der Waals surface area contributed by atoms with Crippen molar-refractivity contribution in [3.05, 3.63) is 38.5 Å². The van der Waals surface area contributed by atoms with Gasteiger partial charge < -0.3 is 24.0 Å². The van der Waals surface area contributed by atoms with Gasteiger partial charge in [0.2, 0.25) is 5.91 Å². The van der Waals surface area contributed by atoms with Crippen molar-refractivity contribution in [3.63, 3.8) is 0 Å². The van der Waals surface area contributed by atoms with E-state index in [1.807, 2.05) is 15.2 Å². The Balaban J connectivity index is 1.14. The lowest BCUT2D eigenvalue weighted by Gasteiger charge is -2.34. The summed E-state index contributed by atoms with van der Waals surface area (Å²) in [5, 5.41) is 5.03. The summed E-state index contributed by atoms with van der Waals surface area (Å²) in [4.78, 5) is 37.9. The zero-order valence-electron chi connectivity index (χ0n) is 21.6. The van der Waals surface area contributed by atoms with Gasteiger partial charge in [-0.3, -0.25) is 14.5 Å². The molecule has 37 heavy (non-hydrogen) atoms. The van der Waals surface area contributed by atoms with Crippen LogP contribution < -0.4 is 0 Å². The molecule has 2 aliphatic heterocycles. The van der Waals surface area contributed by atoms with Gasteiger partial charge in [-0.25, -0.2) is 4.98 Å². The standard InChI is InChI=1S/C26H38N4O5S2/c1-33-14-15-34-16-17-35-19-24(31)29-8-4-21(5-9-29)25-27-23(20-37-25)26(32)30-12-10-28(11-13-30)7-6-22-3-2-18-36-22/h2-3,18,20-21H,4-17,19H2,1H3. The maximum absolute atomic E-state index is 13.1. The topological polar surface area (TPSA) is 84.4 Å². The van der Waals surface area contributed by atoms with Gasteiger partial charge in [0.1, 0.15) is 12.3 Å². The van der Waals surface area contributed by atoms with Gasteiger partial charge in [0.25, 0.3) is 5.91 Å². The number of thiophene rings is 1. The summed E-state index contributed by atoms with van der Waals surface area (Å²) in [5.41, 5.74) is 0.562. The van der Waals surface area contributed by atoms with Crippen molar-refractivity contribution in [1.29, 1.82) is 0 Å². The Hall–Kier alpha value is -1.89. The molecule has 0 unspecified atom stereocenters. The van der Waals surface area contributed by atoms with E-state index in [-0.39, 0.29) is 18.4 Å². The number of ether oxygens (including phenoxy) is 3. The van der Waals surface area contributed by atoms with Crippen molar-refractivity contribution in [2.24, 2.45) is 0 Å². The van der Waals surface area contributed by atoms with Crippen molar-refractivity contribution in [2.75, 3.05) is 86.0 Å². The zero-order chi connectivity index (χ0) is 25.9. The van der Waals surface area contributed by atoms with E-state index in [2.05, 4.69) is 22.4 Å². The second kappa shape index (κ2) is 14.9. The second-order valence-electron chi connectivity index (χ2n) is 9.35. The van der Waals surface area contributed by atoms with Crippen molar-refractivity contribution in [2.45, 2.75) is 25.2 Å². The first-order valence-electron chi connectivity index (χ1n) is 13.1. The number of carbonyl (C=O) groups excluding carboxylic acids is 2. The Morgan fingerprint density at radius 3 is 2.46 bits per heavy atom. The number of hydrogen-bond donors (Lipinski definition) is 0. The predicted octanol–water partition coefficient (Wildman–Crippen LogP) is 2.59. The molecule has 0 aromatic carbocycles. The fourth-order valence-corrected chi connectivity index (χ4v) is 6.29. The maximum Gasteiger partial charge on any atom is 0.273 e. The van der Waals surface area contributed by atoms with Crippen LogP contribution in [0.3, 0.4) is 0 Å². The van der Waals surface area contributed by atoms with Crippen LogP contribution in [-0.4, -0.2) is 117 Å². The van der Waals surface area contributed by atoms with E-state index in [4.69, 9.17) is 19.2 Å². The van der Waals surface area contributed by atoms with Crippen molar-refractivity contribution < 1.29 is 23.8 Å². The summed E-state index contributed by atoms with van der Waals surface area (Å²) in [7, 11) is 1.63. The van der Waals surface area contributed by atoms with Crippen molar-refractivity contribution in [3.8, 4) is 0 Å². The number of likely N-dealkylation sites (tertiary alicyclic amines) is 1.